The second kappa shape index (κ2) is 8.35. The highest BCUT2D eigenvalue weighted by Gasteiger charge is 2.27. The van der Waals surface area contributed by atoms with E-state index < -0.39 is 6.10 Å². The summed E-state index contributed by atoms with van der Waals surface area (Å²) in [5.41, 5.74) is 4.21. The fourth-order valence-corrected chi connectivity index (χ4v) is 3.57. The van der Waals surface area contributed by atoms with E-state index >= 15 is 0 Å². The minimum atomic E-state index is -0.474. The maximum Gasteiger partial charge on any atom is 0.250 e. The van der Waals surface area contributed by atoms with Crippen molar-refractivity contribution in [3.05, 3.63) is 66.1 Å². The lowest BCUT2D eigenvalue weighted by Gasteiger charge is -2.34. The molecule has 0 aliphatic carbocycles. The molecule has 1 aliphatic rings. The smallest absolute Gasteiger partial charge is 0.250 e. The Bertz CT molecular complexity index is 961. The number of carbonyl (C=O) groups excluding carboxylic acids is 1. The summed E-state index contributed by atoms with van der Waals surface area (Å²) in [5.74, 6) is -0.0613. The highest BCUT2D eigenvalue weighted by Crippen LogP contribution is 2.28. The molecule has 1 N–H and O–H groups in total. The van der Waals surface area contributed by atoms with Crippen LogP contribution in [0.1, 0.15) is 11.3 Å². The van der Waals surface area contributed by atoms with Gasteiger partial charge in [0.1, 0.15) is 0 Å². The van der Waals surface area contributed by atoms with Crippen molar-refractivity contribution in [3.63, 3.8) is 0 Å². The predicted octanol–water partition coefficient (Wildman–Crippen LogP) is 2.50. The van der Waals surface area contributed by atoms with Gasteiger partial charge >= 0.3 is 0 Å². The van der Waals surface area contributed by atoms with Gasteiger partial charge in [0.05, 0.1) is 18.7 Å². The van der Waals surface area contributed by atoms with E-state index in [0.717, 1.165) is 40.8 Å². The van der Waals surface area contributed by atoms with Gasteiger partial charge in [0, 0.05) is 42.3 Å². The average Bonchev–Trinajstić information content (AvgIpc) is 2.74. The molecule has 1 fully saturated rings. The predicted molar refractivity (Wildman–Crippen MR) is 109 cm³/mol. The van der Waals surface area contributed by atoms with Crippen molar-refractivity contribution in [2.24, 2.45) is 0 Å². The largest absolute Gasteiger partial charge is 0.365 e. The first-order valence-corrected chi connectivity index (χ1v) is 9.60. The zero-order chi connectivity index (χ0) is 19.3. The fourth-order valence-electron chi connectivity index (χ4n) is 3.57. The molecule has 0 saturated carbocycles. The second-order valence-electron chi connectivity index (χ2n) is 7.00. The average molecular weight is 376 g/mol. The van der Waals surface area contributed by atoms with Crippen molar-refractivity contribution >= 4 is 22.5 Å². The first-order chi connectivity index (χ1) is 13.7. The van der Waals surface area contributed by atoms with Crippen molar-refractivity contribution in [2.75, 3.05) is 31.1 Å². The van der Waals surface area contributed by atoms with Crippen LogP contribution in [0, 0.1) is 6.92 Å². The molecule has 144 valence electrons. The SMILES string of the molecule is Cc1cc(N2CCO[C@H](C(=O)NCCc3ccncc3)C2)c2ccccc2n1. The summed E-state index contributed by atoms with van der Waals surface area (Å²) < 4.78 is 5.76. The number of carbonyl (C=O) groups is 1. The summed E-state index contributed by atoms with van der Waals surface area (Å²) in [4.78, 5) is 23.5. The number of hydrogen-bond acceptors (Lipinski definition) is 5. The molecule has 1 saturated heterocycles. The van der Waals surface area contributed by atoms with Gasteiger partial charge < -0.3 is 15.0 Å². The lowest BCUT2D eigenvalue weighted by molar-refractivity contribution is -0.133. The van der Waals surface area contributed by atoms with Crippen molar-refractivity contribution in [2.45, 2.75) is 19.4 Å². The maximum atomic E-state index is 12.6. The van der Waals surface area contributed by atoms with E-state index in [1.807, 2.05) is 37.3 Å². The van der Waals surface area contributed by atoms with Crippen molar-refractivity contribution in [3.8, 4) is 0 Å². The van der Waals surface area contributed by atoms with E-state index in [-0.39, 0.29) is 5.91 Å². The Morgan fingerprint density at radius 2 is 2.07 bits per heavy atom. The number of nitrogens with zero attached hydrogens (tertiary/aromatic N) is 3. The molecule has 1 atom stereocenters. The van der Waals surface area contributed by atoms with Crippen LogP contribution in [0.15, 0.2) is 54.9 Å². The molecule has 0 unspecified atom stereocenters. The van der Waals surface area contributed by atoms with Gasteiger partial charge in [0.15, 0.2) is 6.10 Å². The number of ether oxygens (including phenoxy) is 1. The summed E-state index contributed by atoms with van der Waals surface area (Å²) in [5, 5.41) is 4.10. The first-order valence-electron chi connectivity index (χ1n) is 9.60. The number of nitrogens with one attached hydrogen (secondary N) is 1. The molecule has 3 aromatic rings. The molecule has 6 nitrogen and oxygen atoms in total. The van der Waals surface area contributed by atoms with Gasteiger partial charge in [0.25, 0.3) is 5.91 Å². The number of amides is 1. The molecule has 2 aromatic heterocycles. The fraction of sp³-hybridized carbons (Fsp3) is 0.318. The van der Waals surface area contributed by atoms with Crippen LogP contribution in [0.25, 0.3) is 10.9 Å². The molecule has 1 aliphatic heterocycles. The number of aryl methyl sites for hydroxylation is 1. The summed E-state index contributed by atoms with van der Waals surface area (Å²) in [6.07, 6.45) is 3.83. The molecule has 28 heavy (non-hydrogen) atoms. The van der Waals surface area contributed by atoms with Crippen molar-refractivity contribution in [1.29, 1.82) is 0 Å². The second-order valence-corrected chi connectivity index (χ2v) is 7.00. The molecule has 4 rings (SSSR count). The minimum Gasteiger partial charge on any atom is -0.365 e. The quantitative estimate of drug-likeness (QED) is 0.741. The van der Waals surface area contributed by atoms with Gasteiger partial charge in [-0.05, 0) is 43.2 Å². The van der Waals surface area contributed by atoms with Crippen LogP contribution in [0.4, 0.5) is 5.69 Å². The topological polar surface area (TPSA) is 67.3 Å². The lowest BCUT2D eigenvalue weighted by atomic mass is 10.1. The molecular weight excluding hydrogens is 352 g/mol. The standard InChI is InChI=1S/C22H24N4O2/c1-16-14-20(18-4-2-3-5-19(18)25-16)26-12-13-28-21(15-26)22(27)24-11-8-17-6-9-23-10-7-17/h2-7,9-10,14,21H,8,11-13,15H2,1H3,(H,24,27)/t21-/m0/s1. The van der Waals surface area contributed by atoms with Gasteiger partial charge in [-0.25, -0.2) is 0 Å². The number of fused-ring (bicyclic) bond motifs is 1. The Kier molecular flexibility index (Phi) is 5.48. The van der Waals surface area contributed by atoms with E-state index in [1.54, 1.807) is 12.4 Å². The van der Waals surface area contributed by atoms with E-state index in [0.29, 0.717) is 19.7 Å². The number of hydrogen-bond donors (Lipinski definition) is 1. The number of para-hydroxylation sites is 1. The minimum absolute atomic E-state index is 0.0613. The van der Waals surface area contributed by atoms with Gasteiger partial charge in [-0.2, -0.15) is 0 Å². The number of morpholine rings is 1. The summed E-state index contributed by atoms with van der Waals surface area (Å²) in [7, 11) is 0. The van der Waals surface area contributed by atoms with E-state index in [2.05, 4.69) is 32.3 Å². The van der Waals surface area contributed by atoms with Crippen LogP contribution in [-0.2, 0) is 16.0 Å². The van der Waals surface area contributed by atoms with E-state index in [1.165, 1.54) is 0 Å². The molecule has 0 radical (unpaired) electrons. The summed E-state index contributed by atoms with van der Waals surface area (Å²) in [6, 6.07) is 14.1. The number of anilines is 1. The van der Waals surface area contributed by atoms with E-state index in [4.69, 9.17) is 4.74 Å². The van der Waals surface area contributed by atoms with Crippen molar-refractivity contribution < 1.29 is 9.53 Å². The lowest BCUT2D eigenvalue weighted by Crippen LogP contribution is -2.50. The third-order valence-electron chi connectivity index (χ3n) is 4.98. The van der Waals surface area contributed by atoms with Crippen LogP contribution >= 0.6 is 0 Å². The molecule has 3 heterocycles. The van der Waals surface area contributed by atoms with Crippen LogP contribution < -0.4 is 10.2 Å². The monoisotopic (exact) mass is 376 g/mol. The normalized spacial score (nSPS) is 16.9. The van der Waals surface area contributed by atoms with Crippen molar-refractivity contribution in [1.82, 2.24) is 15.3 Å². The third-order valence-corrected chi connectivity index (χ3v) is 4.98. The van der Waals surface area contributed by atoms with Gasteiger partial charge in [0.2, 0.25) is 0 Å². The third kappa shape index (κ3) is 4.12. The van der Waals surface area contributed by atoms with Gasteiger partial charge in [-0.3, -0.25) is 14.8 Å². The molecule has 0 spiro atoms. The Morgan fingerprint density at radius 1 is 1.25 bits per heavy atom. The Hall–Kier alpha value is -2.99. The van der Waals surface area contributed by atoms with Crippen LogP contribution in [-0.4, -0.2) is 48.2 Å². The zero-order valence-corrected chi connectivity index (χ0v) is 16.0. The van der Waals surface area contributed by atoms with Crippen LogP contribution in [0.3, 0.4) is 0 Å². The number of benzene rings is 1. The molecule has 1 aromatic carbocycles. The molecule has 0 bridgehead atoms. The number of pyridine rings is 2. The number of aromatic nitrogens is 2. The maximum absolute atomic E-state index is 12.6. The van der Waals surface area contributed by atoms with Gasteiger partial charge in [-0.15, -0.1) is 0 Å². The van der Waals surface area contributed by atoms with E-state index in [9.17, 15) is 4.79 Å². The highest BCUT2D eigenvalue weighted by atomic mass is 16.5. The molecule has 1 amide bonds. The Morgan fingerprint density at radius 3 is 2.93 bits per heavy atom. The van der Waals surface area contributed by atoms with Gasteiger partial charge in [-0.1, -0.05) is 18.2 Å². The Balaban J connectivity index is 1.42. The highest BCUT2D eigenvalue weighted by molar-refractivity contribution is 5.92. The first kappa shape index (κ1) is 18.4. The number of rotatable bonds is 5. The summed E-state index contributed by atoms with van der Waals surface area (Å²) >= 11 is 0. The summed E-state index contributed by atoms with van der Waals surface area (Å²) in [6.45, 7) is 4.40. The van der Waals surface area contributed by atoms with Crippen LogP contribution in [0.2, 0.25) is 0 Å². The molecular formula is C22H24N4O2. The molecule has 6 heteroatoms. The Labute approximate surface area is 164 Å². The van der Waals surface area contributed by atoms with Crippen LogP contribution in [0.5, 0.6) is 0 Å². The zero-order valence-electron chi connectivity index (χ0n) is 16.0.